The number of aromatic amines is 1. The van der Waals surface area contributed by atoms with Crippen LogP contribution < -0.4 is 4.90 Å². The lowest BCUT2D eigenvalue weighted by Gasteiger charge is -2.40. The minimum absolute atomic E-state index is 0.112. The van der Waals surface area contributed by atoms with Crippen LogP contribution in [0.2, 0.25) is 0 Å². The first-order valence-corrected chi connectivity index (χ1v) is 9.51. The highest BCUT2D eigenvalue weighted by Crippen LogP contribution is 2.36. The average molecular weight is 416 g/mol. The van der Waals surface area contributed by atoms with Gasteiger partial charge in [-0.1, -0.05) is 6.42 Å². The third-order valence-electron chi connectivity index (χ3n) is 5.59. The molecule has 0 spiro atoms. The van der Waals surface area contributed by atoms with Gasteiger partial charge in [0.2, 0.25) is 5.95 Å². The normalized spacial score (nSPS) is 16.4. The first kappa shape index (κ1) is 20.1. The fourth-order valence-corrected chi connectivity index (χ4v) is 3.82. The van der Waals surface area contributed by atoms with Crippen molar-refractivity contribution in [1.82, 2.24) is 19.9 Å². The van der Waals surface area contributed by atoms with Gasteiger partial charge in [0.25, 0.3) is 0 Å². The Kier molecular flexibility index (Phi) is 4.86. The number of nitrogens with one attached hydrogen (secondary N) is 1. The number of halogens is 3. The Morgan fingerprint density at radius 1 is 1.20 bits per heavy atom. The summed E-state index contributed by atoms with van der Waals surface area (Å²) < 4.78 is 39.5. The van der Waals surface area contributed by atoms with E-state index in [1.54, 1.807) is 11.9 Å². The summed E-state index contributed by atoms with van der Waals surface area (Å²) in [5.74, 6) is 0.197. The number of fused-ring (bicyclic) bond motifs is 1. The van der Waals surface area contributed by atoms with E-state index in [0.29, 0.717) is 18.4 Å². The zero-order valence-electron chi connectivity index (χ0n) is 16.2. The Bertz CT molecular complexity index is 1130. The second kappa shape index (κ2) is 7.25. The summed E-state index contributed by atoms with van der Waals surface area (Å²) in [6.07, 6.45) is 2.92. The van der Waals surface area contributed by atoms with Crippen LogP contribution in [0.5, 0.6) is 0 Å². The van der Waals surface area contributed by atoms with Gasteiger partial charge in [0.1, 0.15) is 17.4 Å². The zero-order chi connectivity index (χ0) is 21.5. The van der Waals surface area contributed by atoms with Crippen LogP contribution in [0.25, 0.3) is 22.3 Å². The molecule has 30 heavy (non-hydrogen) atoms. The number of anilines is 1. The van der Waals surface area contributed by atoms with Crippen LogP contribution in [0.1, 0.15) is 43.2 Å². The molecule has 1 aliphatic rings. The van der Waals surface area contributed by atoms with Crippen molar-refractivity contribution in [3.8, 4) is 17.3 Å². The zero-order valence-corrected chi connectivity index (χ0v) is 16.2. The number of aliphatic hydroxyl groups is 1. The van der Waals surface area contributed by atoms with E-state index >= 15 is 0 Å². The Labute approximate surface area is 170 Å². The maximum absolute atomic E-state index is 13.2. The molecule has 156 valence electrons. The molecule has 2 N–H and O–H groups in total. The van der Waals surface area contributed by atoms with Gasteiger partial charge in [-0.25, -0.2) is 15.0 Å². The number of H-pyrrole nitrogens is 1. The monoisotopic (exact) mass is 416 g/mol. The van der Waals surface area contributed by atoms with Gasteiger partial charge in [-0.15, -0.1) is 0 Å². The van der Waals surface area contributed by atoms with E-state index in [-0.39, 0.29) is 28.2 Å². The van der Waals surface area contributed by atoms with Crippen LogP contribution in [-0.4, -0.2) is 37.8 Å². The van der Waals surface area contributed by atoms with Gasteiger partial charge in [-0.2, -0.15) is 18.4 Å². The number of rotatable bonds is 3. The largest absolute Gasteiger partial charge is 0.417 e. The van der Waals surface area contributed by atoms with Crippen molar-refractivity contribution in [1.29, 1.82) is 5.26 Å². The highest BCUT2D eigenvalue weighted by atomic mass is 19.4. The van der Waals surface area contributed by atoms with E-state index in [1.165, 1.54) is 12.4 Å². The molecule has 10 heteroatoms. The van der Waals surface area contributed by atoms with Gasteiger partial charge in [-0.05, 0) is 31.7 Å². The molecule has 3 aromatic rings. The molecule has 0 aliphatic heterocycles. The minimum Gasteiger partial charge on any atom is -0.371 e. The molecule has 3 aromatic heterocycles. The molecular weight excluding hydrogens is 397 g/mol. The maximum atomic E-state index is 13.2. The van der Waals surface area contributed by atoms with Crippen LogP contribution in [0.3, 0.4) is 0 Å². The highest BCUT2D eigenvalue weighted by Gasteiger charge is 2.35. The molecule has 3 heterocycles. The molecule has 4 rings (SSSR count). The van der Waals surface area contributed by atoms with Gasteiger partial charge < -0.3 is 15.0 Å². The number of nitrogens with zero attached hydrogens (tertiary/aromatic N) is 5. The molecule has 0 aromatic carbocycles. The lowest BCUT2D eigenvalue weighted by molar-refractivity contribution is -0.137. The predicted molar refractivity (Wildman–Crippen MR) is 103 cm³/mol. The van der Waals surface area contributed by atoms with Gasteiger partial charge in [0, 0.05) is 30.4 Å². The van der Waals surface area contributed by atoms with E-state index in [0.717, 1.165) is 31.5 Å². The van der Waals surface area contributed by atoms with Crippen molar-refractivity contribution in [3.05, 3.63) is 35.8 Å². The van der Waals surface area contributed by atoms with Gasteiger partial charge in [0.15, 0.2) is 0 Å². The van der Waals surface area contributed by atoms with E-state index in [4.69, 9.17) is 0 Å². The number of pyridine rings is 1. The summed E-state index contributed by atoms with van der Waals surface area (Å²) in [6, 6.07) is 2.97. The van der Waals surface area contributed by atoms with Crippen LogP contribution >= 0.6 is 0 Å². The third kappa shape index (κ3) is 3.45. The fourth-order valence-electron chi connectivity index (χ4n) is 3.82. The van der Waals surface area contributed by atoms with Crippen molar-refractivity contribution in [2.45, 2.75) is 44.0 Å². The predicted octanol–water partition coefficient (Wildman–Crippen LogP) is 4.00. The summed E-state index contributed by atoms with van der Waals surface area (Å²) in [7, 11) is 1.68. The number of hydrogen-bond acceptors (Lipinski definition) is 6. The number of nitriles is 1. The van der Waals surface area contributed by atoms with Gasteiger partial charge >= 0.3 is 6.18 Å². The second-order valence-electron chi connectivity index (χ2n) is 7.47. The third-order valence-corrected chi connectivity index (χ3v) is 5.59. The standard InChI is InChI=1S/C20H19F3N6O/c1-29(19(30)5-3-2-4-6-19)18-27-9-12(8-24)16(28-18)15-11-26-17-14(15)7-13(10-25-17)20(21,22)23/h7,9-11,30H,2-6H2,1H3,(H,25,26). The Balaban J connectivity index is 1.83. The van der Waals surface area contributed by atoms with E-state index < -0.39 is 17.5 Å². The Hall–Kier alpha value is -3.19. The highest BCUT2D eigenvalue weighted by molar-refractivity contribution is 5.94. The van der Waals surface area contributed by atoms with Crippen molar-refractivity contribution < 1.29 is 18.3 Å². The van der Waals surface area contributed by atoms with Crippen LogP contribution in [0, 0.1) is 11.3 Å². The van der Waals surface area contributed by atoms with Crippen molar-refractivity contribution in [3.63, 3.8) is 0 Å². The summed E-state index contributed by atoms with van der Waals surface area (Å²) in [5, 5.41) is 20.7. The molecule has 0 radical (unpaired) electrons. The SMILES string of the molecule is CN(c1ncc(C#N)c(-c2c[nH]c3ncc(C(F)(F)F)cc23)n1)C1(O)CCCCC1. The molecule has 7 nitrogen and oxygen atoms in total. The molecule has 0 saturated heterocycles. The van der Waals surface area contributed by atoms with E-state index in [1.807, 2.05) is 6.07 Å². The van der Waals surface area contributed by atoms with E-state index in [2.05, 4.69) is 19.9 Å². The maximum Gasteiger partial charge on any atom is 0.417 e. The lowest BCUT2D eigenvalue weighted by Crippen LogP contribution is -2.48. The number of hydrogen-bond donors (Lipinski definition) is 2. The summed E-state index contributed by atoms with van der Waals surface area (Å²) in [6.45, 7) is 0. The van der Waals surface area contributed by atoms with Crippen LogP contribution in [-0.2, 0) is 6.18 Å². The van der Waals surface area contributed by atoms with Crippen molar-refractivity contribution >= 4 is 17.0 Å². The molecular formula is C20H19F3N6O. The first-order chi connectivity index (χ1) is 14.2. The molecule has 0 bridgehead atoms. The smallest absolute Gasteiger partial charge is 0.371 e. The van der Waals surface area contributed by atoms with Crippen LogP contribution in [0.15, 0.2) is 24.7 Å². The average Bonchev–Trinajstić information content (AvgIpc) is 3.16. The molecule has 1 fully saturated rings. The number of alkyl halides is 3. The topological polar surface area (TPSA) is 102 Å². The van der Waals surface area contributed by atoms with Gasteiger partial charge in [0.05, 0.1) is 23.0 Å². The Morgan fingerprint density at radius 3 is 2.60 bits per heavy atom. The fraction of sp³-hybridized carbons (Fsp3) is 0.400. The van der Waals surface area contributed by atoms with Gasteiger partial charge in [-0.3, -0.25) is 0 Å². The molecule has 1 saturated carbocycles. The summed E-state index contributed by atoms with van der Waals surface area (Å²) in [4.78, 5) is 16.9. The second-order valence-corrected chi connectivity index (χ2v) is 7.47. The quantitative estimate of drug-likeness (QED) is 0.626. The number of aromatic nitrogens is 4. The summed E-state index contributed by atoms with van der Waals surface area (Å²) >= 11 is 0. The molecule has 0 amide bonds. The molecule has 0 atom stereocenters. The minimum atomic E-state index is -4.55. The van der Waals surface area contributed by atoms with Crippen molar-refractivity contribution in [2.75, 3.05) is 11.9 Å². The van der Waals surface area contributed by atoms with Crippen molar-refractivity contribution in [2.24, 2.45) is 0 Å². The molecule has 0 unspecified atom stereocenters. The lowest BCUT2D eigenvalue weighted by atomic mass is 9.91. The molecule has 1 aliphatic carbocycles. The first-order valence-electron chi connectivity index (χ1n) is 9.51. The van der Waals surface area contributed by atoms with Crippen LogP contribution in [0.4, 0.5) is 19.1 Å². The van der Waals surface area contributed by atoms with E-state index in [9.17, 15) is 23.5 Å². The summed E-state index contributed by atoms with van der Waals surface area (Å²) in [5.41, 5.74) is -1.14. The Morgan fingerprint density at radius 2 is 1.93 bits per heavy atom.